The van der Waals surface area contributed by atoms with Crippen LogP contribution in [0.2, 0.25) is 10.0 Å². The Morgan fingerprint density at radius 3 is 1.60 bits per heavy atom. The van der Waals surface area contributed by atoms with E-state index in [2.05, 4.69) is 46.5 Å². The molecule has 2 N–H and O–H groups in total. The summed E-state index contributed by atoms with van der Waals surface area (Å²) in [4.78, 5) is 33.9. The van der Waals surface area contributed by atoms with E-state index in [9.17, 15) is 9.90 Å². The number of ether oxygens (including phenoxy) is 2. The number of halogens is 2. The molecule has 0 aliphatic carbocycles. The highest BCUT2D eigenvalue weighted by molar-refractivity contribution is 6.32. The summed E-state index contributed by atoms with van der Waals surface area (Å²) < 4.78 is 22.5. The molecule has 10 rings (SSSR count). The van der Waals surface area contributed by atoms with Crippen LogP contribution in [0.4, 0.5) is 11.6 Å². The molecule has 4 aromatic heterocycles. The van der Waals surface area contributed by atoms with Crippen molar-refractivity contribution in [2.24, 2.45) is 5.92 Å². The summed E-state index contributed by atoms with van der Waals surface area (Å²) >= 11 is 12.7. The minimum Gasteiger partial charge on any atom is -0.489 e. The fourth-order valence-corrected chi connectivity index (χ4v) is 8.28. The molecule has 0 atom stereocenters. The Hall–Kier alpha value is -6.81. The van der Waals surface area contributed by atoms with E-state index < -0.39 is 5.97 Å². The van der Waals surface area contributed by atoms with Crippen LogP contribution in [0.15, 0.2) is 106 Å². The van der Waals surface area contributed by atoms with Crippen LogP contribution in [-0.2, 0) is 4.79 Å². The number of pyridine rings is 2. The highest BCUT2D eigenvalue weighted by Crippen LogP contribution is 2.38. The second-order valence-corrected chi connectivity index (χ2v) is 17.0. The van der Waals surface area contributed by atoms with E-state index in [-0.39, 0.29) is 18.1 Å². The van der Waals surface area contributed by atoms with Crippen LogP contribution in [0.25, 0.3) is 67.2 Å². The Morgan fingerprint density at radius 2 is 1.15 bits per heavy atom. The molecule has 17 heteroatoms. The fourth-order valence-electron chi connectivity index (χ4n) is 7.83. The quantitative estimate of drug-likeness (QED) is 0.125. The molecule has 0 amide bonds. The van der Waals surface area contributed by atoms with Crippen LogP contribution < -0.4 is 24.6 Å². The molecule has 0 saturated carbocycles. The Morgan fingerprint density at radius 1 is 0.677 bits per heavy atom. The third-order valence-corrected chi connectivity index (χ3v) is 11.5. The average molecular weight is 915 g/mol. The first-order valence-corrected chi connectivity index (χ1v) is 22.1. The lowest BCUT2D eigenvalue weighted by Crippen LogP contribution is -2.50. The van der Waals surface area contributed by atoms with Crippen LogP contribution in [0, 0.1) is 5.92 Å². The molecule has 332 valence electrons. The normalized spacial score (nSPS) is 14.2. The molecule has 4 aromatic carbocycles. The first-order valence-electron chi connectivity index (χ1n) is 21.3. The van der Waals surface area contributed by atoms with Crippen LogP contribution >= 0.6 is 23.2 Å². The molecule has 65 heavy (non-hydrogen) atoms. The zero-order valence-electron chi connectivity index (χ0n) is 36.0. The fraction of sp³-hybridized carbons (Fsp3) is 0.271. The minimum atomic E-state index is -0.782. The van der Waals surface area contributed by atoms with E-state index in [0.29, 0.717) is 63.6 Å². The van der Waals surface area contributed by atoms with Crippen molar-refractivity contribution < 1.29 is 28.4 Å². The molecule has 15 nitrogen and oxygen atoms in total. The maximum atomic E-state index is 11.2. The first-order chi connectivity index (χ1) is 31.5. The third kappa shape index (κ3) is 9.26. The number of carboxylic acids is 1. The van der Waals surface area contributed by atoms with Crippen molar-refractivity contribution in [3.63, 3.8) is 0 Å². The number of piperazine rings is 1. The number of anilines is 2. The molecular formula is C48H45Cl2N9O6. The summed E-state index contributed by atoms with van der Waals surface area (Å²) in [6, 6.07) is 26.6. The second-order valence-electron chi connectivity index (χ2n) is 16.2. The molecule has 2 saturated heterocycles. The summed E-state index contributed by atoms with van der Waals surface area (Å²) in [6.07, 6.45) is 3.61. The molecule has 0 bridgehead atoms. The number of carboxylic acid groups (broad SMARTS) is 1. The van der Waals surface area contributed by atoms with Gasteiger partial charge < -0.3 is 38.7 Å². The predicted molar refractivity (Wildman–Crippen MR) is 251 cm³/mol. The lowest BCUT2D eigenvalue weighted by atomic mass is 9.98. The summed E-state index contributed by atoms with van der Waals surface area (Å²) in [7, 11) is 0. The largest absolute Gasteiger partial charge is 0.489 e. The van der Waals surface area contributed by atoms with Gasteiger partial charge in [-0.3, -0.25) is 4.79 Å². The van der Waals surface area contributed by atoms with E-state index >= 15 is 0 Å². The molecule has 0 radical (unpaired) electrons. The van der Waals surface area contributed by atoms with Crippen LogP contribution in [0.3, 0.4) is 0 Å². The number of nitrogens with one attached hydrogen (secondary N) is 1. The minimum absolute atomic E-state index is 0.0142. The van der Waals surface area contributed by atoms with Crippen molar-refractivity contribution in [1.82, 2.24) is 35.6 Å². The molecule has 2 aliphatic heterocycles. The maximum absolute atomic E-state index is 11.2. The van der Waals surface area contributed by atoms with Gasteiger partial charge in [-0.1, -0.05) is 69.9 Å². The molecule has 2 fully saturated rings. The number of fused-ring (bicyclic) bond motifs is 2. The highest BCUT2D eigenvalue weighted by atomic mass is 35.5. The zero-order valence-corrected chi connectivity index (χ0v) is 37.5. The Balaban J connectivity index is 0.000000164. The lowest BCUT2D eigenvalue weighted by Gasteiger charge is -2.38. The number of rotatable bonds is 11. The van der Waals surface area contributed by atoms with Crippen LogP contribution in [-0.4, -0.2) is 92.8 Å². The van der Waals surface area contributed by atoms with Crippen molar-refractivity contribution >= 4 is 62.4 Å². The summed E-state index contributed by atoms with van der Waals surface area (Å²) in [5.41, 5.74) is 3.14. The average Bonchev–Trinajstić information content (AvgIpc) is 3.99. The van der Waals surface area contributed by atoms with Crippen molar-refractivity contribution in [2.75, 3.05) is 49.1 Å². The van der Waals surface area contributed by atoms with Crippen LogP contribution in [0.5, 0.6) is 11.5 Å². The smallest absolute Gasteiger partial charge is 0.310 e. The SMILES string of the molecule is CC(C)Oc1ccc(-c2nc(-c3cccc4c(N5CC(C(=O)O)C5)nccc34)no2)cc1Cl.CC(C)Oc1ccc(-c2nc(-c3cccc4c(N5CCNCC5)nccc34)no2)cc1Cl. The number of aliphatic carboxylic acids is 1. The monoisotopic (exact) mass is 913 g/mol. The molecule has 2 aliphatic rings. The molecule has 0 spiro atoms. The van der Waals surface area contributed by atoms with Gasteiger partial charge in [-0.25, -0.2) is 9.97 Å². The summed E-state index contributed by atoms with van der Waals surface area (Å²) in [5.74, 6) is 3.55. The van der Waals surface area contributed by atoms with Gasteiger partial charge in [0.05, 0.1) is 28.2 Å². The van der Waals surface area contributed by atoms with Crippen molar-refractivity contribution in [1.29, 1.82) is 0 Å². The van der Waals surface area contributed by atoms with E-state index in [1.54, 1.807) is 24.4 Å². The van der Waals surface area contributed by atoms with Gasteiger partial charge in [0.2, 0.25) is 11.6 Å². The first kappa shape index (κ1) is 43.4. The van der Waals surface area contributed by atoms with Crippen molar-refractivity contribution in [2.45, 2.75) is 39.9 Å². The van der Waals surface area contributed by atoms with Gasteiger partial charge in [0, 0.05) is 84.7 Å². The third-order valence-electron chi connectivity index (χ3n) is 10.9. The number of carbonyl (C=O) groups is 1. The van der Waals surface area contributed by atoms with Gasteiger partial charge in [-0.2, -0.15) is 9.97 Å². The number of nitrogens with zero attached hydrogens (tertiary/aromatic N) is 8. The van der Waals surface area contributed by atoms with Gasteiger partial charge in [0.1, 0.15) is 23.1 Å². The van der Waals surface area contributed by atoms with E-state index in [1.807, 2.05) is 99.5 Å². The maximum Gasteiger partial charge on any atom is 0.310 e. The van der Waals surface area contributed by atoms with Gasteiger partial charge >= 0.3 is 5.97 Å². The molecule has 6 heterocycles. The van der Waals surface area contributed by atoms with Crippen molar-refractivity contribution in [3.8, 4) is 57.2 Å². The van der Waals surface area contributed by atoms with Gasteiger partial charge in [0.15, 0.2) is 0 Å². The molecule has 8 aromatic rings. The number of benzene rings is 4. The van der Waals surface area contributed by atoms with Gasteiger partial charge in [-0.15, -0.1) is 0 Å². The number of aromatic nitrogens is 6. The lowest BCUT2D eigenvalue weighted by molar-refractivity contribution is -0.142. The van der Waals surface area contributed by atoms with E-state index in [0.717, 1.165) is 76.1 Å². The Kier molecular flexibility index (Phi) is 12.5. The summed E-state index contributed by atoms with van der Waals surface area (Å²) in [5, 5.41) is 25.9. The zero-order chi connectivity index (χ0) is 45.2. The van der Waals surface area contributed by atoms with Gasteiger partial charge in [-0.05, 0) is 87.0 Å². The van der Waals surface area contributed by atoms with E-state index in [1.165, 1.54) is 0 Å². The number of hydrogen-bond acceptors (Lipinski definition) is 14. The topological polar surface area (TPSA) is 178 Å². The highest BCUT2D eigenvalue weighted by Gasteiger charge is 2.34. The predicted octanol–water partition coefficient (Wildman–Crippen LogP) is 9.72. The standard InChI is InChI=1S/C24H24ClN5O2.C24H21ClN4O4/c1-15(2)31-21-7-6-16(14-20(21)25)24-28-22(29-32-24)18-4-3-5-19-17(18)8-9-27-23(19)30-12-10-26-11-13-30;1-13(2)32-20-7-6-14(10-19(20)25)23-27-21(28-33-23)17-4-3-5-18-16(17)8-9-26-22(18)29-11-15(12-29)24(30)31/h3-9,14-15,26H,10-13H2,1-2H3;3-10,13,15H,11-12H2,1-2H3,(H,30,31). The number of hydrogen-bond donors (Lipinski definition) is 2. The van der Waals surface area contributed by atoms with Gasteiger partial charge in [0.25, 0.3) is 11.8 Å². The second kappa shape index (κ2) is 18.7. The van der Waals surface area contributed by atoms with Crippen LogP contribution in [0.1, 0.15) is 27.7 Å². The van der Waals surface area contributed by atoms with Crippen molar-refractivity contribution in [3.05, 3.63) is 107 Å². The Labute approximate surface area is 384 Å². The Bertz CT molecular complexity index is 3000. The molecular weight excluding hydrogens is 869 g/mol. The van der Waals surface area contributed by atoms with E-state index in [4.69, 9.17) is 41.7 Å². The summed E-state index contributed by atoms with van der Waals surface area (Å²) in [6.45, 7) is 12.4. The molecule has 0 unspecified atom stereocenters.